The maximum absolute atomic E-state index is 11.2. The molecule has 0 aliphatic heterocycles. The van der Waals surface area contributed by atoms with Gasteiger partial charge in [-0.1, -0.05) is 30.3 Å². The van der Waals surface area contributed by atoms with Gasteiger partial charge in [-0.15, -0.1) is 11.6 Å². The van der Waals surface area contributed by atoms with Crippen LogP contribution < -0.4 is 5.32 Å². The number of hydrogen-bond donors (Lipinski definition) is 1. The third kappa shape index (κ3) is 3.39. The summed E-state index contributed by atoms with van der Waals surface area (Å²) in [4.78, 5) is 11.2. The number of nitrogens with one attached hydrogen (secondary N) is 1. The van der Waals surface area contributed by atoms with Gasteiger partial charge in [0.2, 0.25) is 5.91 Å². The second-order valence-electron chi connectivity index (χ2n) is 4.70. The molecule has 1 aromatic carbocycles. The lowest BCUT2D eigenvalue weighted by molar-refractivity contribution is -0.118. The van der Waals surface area contributed by atoms with Gasteiger partial charge in [-0.05, 0) is 19.4 Å². The molecular formula is C15H18ClN3O. The molecule has 0 atom stereocenters. The van der Waals surface area contributed by atoms with Crippen molar-refractivity contribution in [3.63, 3.8) is 0 Å². The van der Waals surface area contributed by atoms with E-state index in [2.05, 4.69) is 22.5 Å². The van der Waals surface area contributed by atoms with Gasteiger partial charge in [0.15, 0.2) is 0 Å². The lowest BCUT2D eigenvalue weighted by Crippen LogP contribution is -2.24. The first-order valence-corrected chi connectivity index (χ1v) is 7.04. The molecule has 2 aromatic rings. The lowest BCUT2D eigenvalue weighted by atomic mass is 10.2. The Morgan fingerprint density at radius 3 is 2.65 bits per heavy atom. The van der Waals surface area contributed by atoms with Gasteiger partial charge in [0.25, 0.3) is 0 Å². The van der Waals surface area contributed by atoms with E-state index in [0.29, 0.717) is 6.54 Å². The first-order valence-electron chi connectivity index (χ1n) is 6.51. The van der Waals surface area contributed by atoms with E-state index in [1.165, 1.54) is 5.56 Å². The van der Waals surface area contributed by atoms with E-state index in [-0.39, 0.29) is 11.8 Å². The van der Waals surface area contributed by atoms with Crippen LogP contribution in [0.1, 0.15) is 22.5 Å². The highest BCUT2D eigenvalue weighted by Crippen LogP contribution is 2.14. The molecule has 0 unspecified atom stereocenters. The van der Waals surface area contributed by atoms with Gasteiger partial charge in [-0.3, -0.25) is 9.48 Å². The van der Waals surface area contributed by atoms with Crippen molar-refractivity contribution in [2.75, 3.05) is 5.88 Å². The van der Waals surface area contributed by atoms with Crippen molar-refractivity contribution < 1.29 is 4.79 Å². The van der Waals surface area contributed by atoms with Gasteiger partial charge < -0.3 is 5.32 Å². The second-order valence-corrected chi connectivity index (χ2v) is 4.97. The predicted octanol–water partition coefficient (Wildman–Crippen LogP) is 2.40. The van der Waals surface area contributed by atoms with Crippen LogP contribution in [0.3, 0.4) is 0 Å². The summed E-state index contributed by atoms with van der Waals surface area (Å²) >= 11 is 5.48. The third-order valence-corrected chi connectivity index (χ3v) is 3.53. The second kappa shape index (κ2) is 6.57. The molecule has 0 spiro atoms. The summed E-state index contributed by atoms with van der Waals surface area (Å²) in [6.45, 7) is 5.18. The Balaban J connectivity index is 2.14. The number of aromatic nitrogens is 2. The van der Waals surface area contributed by atoms with Crippen LogP contribution in [0.25, 0.3) is 0 Å². The smallest absolute Gasteiger partial charge is 0.235 e. The average molecular weight is 292 g/mol. The van der Waals surface area contributed by atoms with Crippen molar-refractivity contribution in [3.8, 4) is 0 Å². The van der Waals surface area contributed by atoms with Gasteiger partial charge in [-0.25, -0.2) is 0 Å². The third-order valence-electron chi connectivity index (χ3n) is 3.29. The minimum Gasteiger partial charge on any atom is -0.351 e. The molecule has 0 saturated carbocycles. The largest absolute Gasteiger partial charge is 0.351 e. The number of amides is 1. The highest BCUT2D eigenvalue weighted by atomic mass is 35.5. The van der Waals surface area contributed by atoms with Crippen LogP contribution in [0, 0.1) is 13.8 Å². The zero-order valence-electron chi connectivity index (χ0n) is 11.7. The summed E-state index contributed by atoms with van der Waals surface area (Å²) in [5.41, 5.74) is 4.27. The summed E-state index contributed by atoms with van der Waals surface area (Å²) in [5.74, 6) is -0.183. The number of benzene rings is 1. The minimum atomic E-state index is -0.165. The maximum Gasteiger partial charge on any atom is 0.235 e. The molecule has 1 amide bonds. The normalized spacial score (nSPS) is 10.6. The van der Waals surface area contributed by atoms with Gasteiger partial charge in [0, 0.05) is 17.8 Å². The molecule has 20 heavy (non-hydrogen) atoms. The van der Waals surface area contributed by atoms with Gasteiger partial charge in [0.05, 0.1) is 12.2 Å². The Labute approximate surface area is 123 Å². The molecule has 4 nitrogen and oxygen atoms in total. The molecule has 0 aliphatic carbocycles. The SMILES string of the molecule is Cc1nn(Cc2ccccc2)c(C)c1CNC(=O)CCl. The molecule has 0 fully saturated rings. The molecule has 1 heterocycles. The predicted molar refractivity (Wildman–Crippen MR) is 79.8 cm³/mol. The van der Waals surface area contributed by atoms with Crippen LogP contribution in [-0.4, -0.2) is 21.6 Å². The van der Waals surface area contributed by atoms with Crippen molar-refractivity contribution in [3.05, 3.63) is 52.8 Å². The Morgan fingerprint density at radius 1 is 1.30 bits per heavy atom. The molecular weight excluding hydrogens is 274 g/mol. The van der Waals surface area contributed by atoms with Crippen LogP contribution in [0.4, 0.5) is 0 Å². The van der Waals surface area contributed by atoms with E-state index in [1.54, 1.807) is 0 Å². The quantitative estimate of drug-likeness (QED) is 0.860. The van der Waals surface area contributed by atoms with Crippen LogP contribution in [-0.2, 0) is 17.9 Å². The van der Waals surface area contributed by atoms with E-state index in [9.17, 15) is 4.79 Å². The first-order chi connectivity index (χ1) is 9.61. The highest BCUT2D eigenvalue weighted by molar-refractivity contribution is 6.27. The minimum absolute atomic E-state index is 0.0176. The van der Waals surface area contributed by atoms with E-state index < -0.39 is 0 Å². The van der Waals surface area contributed by atoms with Gasteiger partial charge >= 0.3 is 0 Å². The molecule has 0 saturated heterocycles. The summed E-state index contributed by atoms with van der Waals surface area (Å²) in [6.07, 6.45) is 0. The number of carbonyl (C=O) groups excluding carboxylic acids is 1. The van der Waals surface area contributed by atoms with E-state index in [4.69, 9.17) is 11.6 Å². The fourth-order valence-electron chi connectivity index (χ4n) is 2.13. The number of carbonyl (C=O) groups is 1. The Kier molecular flexibility index (Phi) is 4.79. The Morgan fingerprint density at radius 2 is 2.00 bits per heavy atom. The van der Waals surface area contributed by atoms with E-state index in [0.717, 1.165) is 23.5 Å². The first kappa shape index (κ1) is 14.6. The van der Waals surface area contributed by atoms with E-state index >= 15 is 0 Å². The number of aryl methyl sites for hydroxylation is 1. The number of halogens is 1. The van der Waals surface area contributed by atoms with Gasteiger partial charge in [-0.2, -0.15) is 5.10 Å². The summed E-state index contributed by atoms with van der Waals surface area (Å²) < 4.78 is 1.97. The van der Waals surface area contributed by atoms with Crippen molar-refractivity contribution in [1.29, 1.82) is 0 Å². The van der Waals surface area contributed by atoms with Crippen molar-refractivity contribution in [2.45, 2.75) is 26.9 Å². The van der Waals surface area contributed by atoms with Gasteiger partial charge in [0.1, 0.15) is 5.88 Å². The molecule has 0 aliphatic rings. The molecule has 0 radical (unpaired) electrons. The topological polar surface area (TPSA) is 46.9 Å². The Hall–Kier alpha value is -1.81. The average Bonchev–Trinajstić information content (AvgIpc) is 2.72. The molecule has 106 valence electrons. The Bertz CT molecular complexity index is 593. The molecule has 1 aromatic heterocycles. The summed E-state index contributed by atoms with van der Waals surface area (Å²) in [6, 6.07) is 10.2. The number of nitrogens with zero attached hydrogens (tertiary/aromatic N) is 2. The van der Waals surface area contributed by atoms with Crippen molar-refractivity contribution >= 4 is 17.5 Å². The zero-order chi connectivity index (χ0) is 14.5. The molecule has 5 heteroatoms. The fraction of sp³-hybridized carbons (Fsp3) is 0.333. The standard InChI is InChI=1S/C15H18ClN3O/c1-11-14(9-17-15(20)8-16)12(2)19(18-11)10-13-6-4-3-5-7-13/h3-7H,8-10H2,1-2H3,(H,17,20). The van der Waals surface area contributed by atoms with Crippen LogP contribution in [0.15, 0.2) is 30.3 Å². The number of rotatable bonds is 5. The monoisotopic (exact) mass is 291 g/mol. The molecule has 0 bridgehead atoms. The van der Waals surface area contributed by atoms with Crippen molar-refractivity contribution in [1.82, 2.24) is 15.1 Å². The number of hydrogen-bond acceptors (Lipinski definition) is 2. The number of alkyl halides is 1. The summed E-state index contributed by atoms with van der Waals surface area (Å²) in [7, 11) is 0. The molecule has 1 N–H and O–H groups in total. The highest BCUT2D eigenvalue weighted by Gasteiger charge is 2.12. The maximum atomic E-state index is 11.2. The summed E-state index contributed by atoms with van der Waals surface area (Å²) in [5, 5.41) is 7.32. The van der Waals surface area contributed by atoms with Crippen LogP contribution in [0.2, 0.25) is 0 Å². The van der Waals surface area contributed by atoms with Crippen molar-refractivity contribution in [2.24, 2.45) is 0 Å². The fourth-order valence-corrected chi connectivity index (χ4v) is 2.23. The zero-order valence-corrected chi connectivity index (χ0v) is 12.4. The lowest BCUT2D eigenvalue weighted by Gasteiger charge is -2.06. The molecule has 2 rings (SSSR count). The van der Waals surface area contributed by atoms with Crippen LogP contribution in [0.5, 0.6) is 0 Å². The van der Waals surface area contributed by atoms with Crippen LogP contribution >= 0.6 is 11.6 Å². The van der Waals surface area contributed by atoms with E-state index in [1.807, 2.05) is 36.7 Å².